The number of methoxy groups -OCH3 is 1. The van der Waals surface area contributed by atoms with Crippen LogP contribution >= 0.6 is 10.7 Å². The Morgan fingerprint density at radius 2 is 2.18 bits per heavy atom. The first-order valence-corrected chi connectivity index (χ1v) is 8.79. The van der Waals surface area contributed by atoms with Gasteiger partial charge in [-0.25, -0.2) is 17.6 Å². The van der Waals surface area contributed by atoms with Gasteiger partial charge in [-0.3, -0.25) is 4.79 Å². The summed E-state index contributed by atoms with van der Waals surface area (Å²) in [6.07, 6.45) is 0.0247. The number of hydrogen-bond donors (Lipinski definition) is 0. The standard InChI is InChI=1S/C13H13ClFNO5S/c1-21-13(18)10-5-9(2-3-11(10)15)16-6-8(4-12(16)17)7-22(14,19)20/h2-3,5,8H,4,6-7H2,1H3. The SMILES string of the molecule is COC(=O)c1cc(N2CC(CS(=O)(=O)Cl)CC2=O)ccc1F. The summed E-state index contributed by atoms with van der Waals surface area (Å²) in [4.78, 5) is 24.8. The predicted octanol–water partition coefficient (Wildman–Crippen LogP) is 1.53. The molecule has 1 atom stereocenters. The van der Waals surface area contributed by atoms with E-state index in [0.717, 1.165) is 13.2 Å². The highest BCUT2D eigenvalue weighted by atomic mass is 35.7. The van der Waals surface area contributed by atoms with Crippen LogP contribution in [0.5, 0.6) is 0 Å². The molecule has 1 aliphatic heterocycles. The topological polar surface area (TPSA) is 80.8 Å². The van der Waals surface area contributed by atoms with E-state index in [9.17, 15) is 22.4 Å². The number of amides is 1. The van der Waals surface area contributed by atoms with Gasteiger partial charge < -0.3 is 9.64 Å². The molecule has 6 nitrogen and oxygen atoms in total. The van der Waals surface area contributed by atoms with Crippen molar-refractivity contribution in [1.82, 2.24) is 0 Å². The molecule has 0 spiro atoms. The van der Waals surface area contributed by atoms with Crippen molar-refractivity contribution in [2.24, 2.45) is 5.92 Å². The Hall–Kier alpha value is -1.67. The summed E-state index contributed by atoms with van der Waals surface area (Å²) in [5.41, 5.74) is 0.0162. The average molecular weight is 350 g/mol. The minimum absolute atomic E-state index is 0.0247. The molecular formula is C13H13ClFNO5S. The van der Waals surface area contributed by atoms with Gasteiger partial charge in [-0.15, -0.1) is 0 Å². The van der Waals surface area contributed by atoms with Gasteiger partial charge in [-0.2, -0.15) is 0 Å². The lowest BCUT2D eigenvalue weighted by atomic mass is 10.1. The number of halogens is 2. The fourth-order valence-corrected chi connectivity index (χ4v) is 3.69. The largest absolute Gasteiger partial charge is 0.465 e. The fraction of sp³-hybridized carbons (Fsp3) is 0.385. The van der Waals surface area contributed by atoms with E-state index in [2.05, 4.69) is 4.74 Å². The van der Waals surface area contributed by atoms with Crippen LogP contribution in [-0.4, -0.2) is 39.7 Å². The number of nitrogens with zero attached hydrogens (tertiary/aromatic N) is 1. The molecule has 1 saturated heterocycles. The molecule has 1 fully saturated rings. The Bertz CT molecular complexity index is 721. The summed E-state index contributed by atoms with van der Waals surface area (Å²) in [6, 6.07) is 3.61. The van der Waals surface area contributed by atoms with Gasteiger partial charge in [0.05, 0.1) is 18.4 Å². The lowest BCUT2D eigenvalue weighted by Gasteiger charge is -2.17. The van der Waals surface area contributed by atoms with Gasteiger partial charge in [0.25, 0.3) is 0 Å². The van der Waals surface area contributed by atoms with Crippen LogP contribution in [0.2, 0.25) is 0 Å². The van der Waals surface area contributed by atoms with Crippen molar-refractivity contribution >= 4 is 37.3 Å². The molecule has 1 aliphatic rings. The van der Waals surface area contributed by atoms with Gasteiger partial charge in [-0.05, 0) is 18.2 Å². The molecule has 1 heterocycles. The Morgan fingerprint density at radius 1 is 1.50 bits per heavy atom. The molecule has 0 N–H and O–H groups in total. The molecule has 9 heteroatoms. The average Bonchev–Trinajstić information content (AvgIpc) is 2.77. The van der Waals surface area contributed by atoms with E-state index >= 15 is 0 Å². The van der Waals surface area contributed by atoms with Crippen molar-refractivity contribution in [3.8, 4) is 0 Å². The van der Waals surface area contributed by atoms with Gasteiger partial charge in [0.2, 0.25) is 15.0 Å². The van der Waals surface area contributed by atoms with Crippen molar-refractivity contribution in [3.63, 3.8) is 0 Å². The zero-order chi connectivity index (χ0) is 16.5. The molecular weight excluding hydrogens is 337 g/mol. The van der Waals surface area contributed by atoms with Crippen LogP contribution in [0.15, 0.2) is 18.2 Å². The summed E-state index contributed by atoms with van der Waals surface area (Å²) >= 11 is 0. The highest BCUT2D eigenvalue weighted by Crippen LogP contribution is 2.28. The Morgan fingerprint density at radius 3 is 2.77 bits per heavy atom. The first-order valence-electron chi connectivity index (χ1n) is 6.32. The van der Waals surface area contributed by atoms with Crippen molar-refractivity contribution in [3.05, 3.63) is 29.6 Å². The Labute approximate surface area is 131 Å². The summed E-state index contributed by atoms with van der Waals surface area (Å²) in [6.45, 7) is 0.136. The van der Waals surface area contributed by atoms with Gasteiger partial charge >= 0.3 is 5.97 Å². The van der Waals surface area contributed by atoms with Gasteiger partial charge in [0.15, 0.2) is 0 Å². The molecule has 1 aromatic rings. The number of esters is 1. The fourth-order valence-electron chi connectivity index (χ4n) is 2.37. The van der Waals surface area contributed by atoms with Crippen LogP contribution < -0.4 is 4.90 Å². The third kappa shape index (κ3) is 3.75. The van der Waals surface area contributed by atoms with E-state index < -0.39 is 26.8 Å². The van der Waals surface area contributed by atoms with Crippen LogP contribution in [0.3, 0.4) is 0 Å². The number of benzene rings is 1. The monoisotopic (exact) mass is 349 g/mol. The summed E-state index contributed by atoms with van der Waals surface area (Å²) in [5, 5.41) is 0. The van der Waals surface area contributed by atoms with E-state index in [0.29, 0.717) is 5.69 Å². The second-order valence-corrected chi connectivity index (χ2v) is 7.76. The van der Waals surface area contributed by atoms with Crippen LogP contribution in [0.25, 0.3) is 0 Å². The smallest absolute Gasteiger partial charge is 0.340 e. The highest BCUT2D eigenvalue weighted by Gasteiger charge is 2.33. The van der Waals surface area contributed by atoms with Crippen LogP contribution in [-0.2, 0) is 18.6 Å². The Balaban J connectivity index is 2.25. The quantitative estimate of drug-likeness (QED) is 0.608. The second kappa shape index (κ2) is 6.21. The van der Waals surface area contributed by atoms with Gasteiger partial charge in [0.1, 0.15) is 5.82 Å². The molecule has 1 aromatic carbocycles. The molecule has 22 heavy (non-hydrogen) atoms. The maximum atomic E-state index is 13.6. The van der Waals surface area contributed by atoms with Crippen molar-refractivity contribution in [2.75, 3.05) is 24.3 Å². The van der Waals surface area contributed by atoms with E-state index in [-0.39, 0.29) is 30.2 Å². The molecule has 1 unspecified atom stereocenters. The van der Waals surface area contributed by atoms with Crippen LogP contribution in [0.1, 0.15) is 16.8 Å². The number of carbonyl (C=O) groups excluding carboxylic acids is 2. The third-order valence-corrected chi connectivity index (χ3v) is 4.55. The van der Waals surface area contributed by atoms with E-state index in [1.54, 1.807) is 0 Å². The number of anilines is 1. The predicted molar refractivity (Wildman–Crippen MR) is 77.8 cm³/mol. The first kappa shape index (κ1) is 16.7. The summed E-state index contributed by atoms with van der Waals surface area (Å²) in [5.74, 6) is -2.69. The normalized spacial score (nSPS) is 18.6. The number of ether oxygens (including phenoxy) is 1. The molecule has 0 bridgehead atoms. The maximum Gasteiger partial charge on any atom is 0.340 e. The lowest BCUT2D eigenvalue weighted by molar-refractivity contribution is -0.117. The first-order chi connectivity index (χ1) is 10.2. The summed E-state index contributed by atoms with van der Waals surface area (Å²) < 4.78 is 40.2. The maximum absolute atomic E-state index is 13.6. The molecule has 0 saturated carbocycles. The van der Waals surface area contributed by atoms with E-state index in [4.69, 9.17) is 10.7 Å². The van der Waals surface area contributed by atoms with Crippen LogP contribution in [0.4, 0.5) is 10.1 Å². The van der Waals surface area contributed by atoms with E-state index in [1.165, 1.54) is 17.0 Å². The second-order valence-electron chi connectivity index (χ2n) is 4.94. The third-order valence-electron chi connectivity index (χ3n) is 3.31. The molecule has 120 valence electrons. The molecule has 0 aliphatic carbocycles. The van der Waals surface area contributed by atoms with Gasteiger partial charge in [-0.1, -0.05) is 0 Å². The number of hydrogen-bond acceptors (Lipinski definition) is 5. The number of carbonyl (C=O) groups is 2. The molecule has 0 aromatic heterocycles. The minimum atomic E-state index is -3.71. The van der Waals surface area contributed by atoms with E-state index in [1.807, 2.05) is 0 Å². The van der Waals surface area contributed by atoms with Crippen molar-refractivity contribution in [2.45, 2.75) is 6.42 Å². The molecule has 2 rings (SSSR count). The van der Waals surface area contributed by atoms with Gasteiger partial charge in [0, 0.05) is 35.3 Å². The lowest BCUT2D eigenvalue weighted by Crippen LogP contribution is -2.25. The Kier molecular flexibility index (Phi) is 4.72. The zero-order valence-corrected chi connectivity index (χ0v) is 13.2. The molecule has 0 radical (unpaired) electrons. The summed E-state index contributed by atoms with van der Waals surface area (Å²) in [7, 11) is 2.60. The van der Waals surface area contributed by atoms with Crippen molar-refractivity contribution in [1.29, 1.82) is 0 Å². The van der Waals surface area contributed by atoms with Crippen molar-refractivity contribution < 1.29 is 27.1 Å². The number of rotatable bonds is 4. The van der Waals surface area contributed by atoms with Crippen LogP contribution in [0, 0.1) is 11.7 Å². The molecule has 1 amide bonds. The highest BCUT2D eigenvalue weighted by molar-refractivity contribution is 8.13. The minimum Gasteiger partial charge on any atom is -0.465 e. The zero-order valence-electron chi connectivity index (χ0n) is 11.6.